The van der Waals surface area contributed by atoms with Crippen molar-refractivity contribution < 1.29 is 14.7 Å². The molecule has 1 fully saturated rings. The summed E-state index contributed by atoms with van der Waals surface area (Å²) in [4.78, 5) is 26.1. The van der Waals surface area contributed by atoms with Crippen molar-refractivity contribution in [2.45, 2.75) is 25.8 Å². The third-order valence-corrected chi connectivity index (χ3v) is 3.35. The topological polar surface area (TPSA) is 60.9 Å². The largest absolute Gasteiger partial charge is 0.481 e. The number of carbonyl (C=O) groups is 2. The van der Waals surface area contributed by atoms with Gasteiger partial charge in [0.2, 0.25) is 5.91 Å². The van der Waals surface area contributed by atoms with E-state index in [-0.39, 0.29) is 17.9 Å². The number of carboxylic acids is 1. The second-order valence-electron chi connectivity index (χ2n) is 5.22. The van der Waals surface area contributed by atoms with E-state index in [1.807, 2.05) is 32.8 Å². The molecule has 0 aromatic rings. The van der Waals surface area contributed by atoms with Crippen molar-refractivity contribution in [1.29, 1.82) is 0 Å². The molecule has 92 valence electrons. The van der Waals surface area contributed by atoms with Gasteiger partial charge in [-0.3, -0.25) is 9.59 Å². The maximum Gasteiger partial charge on any atom is 0.308 e. The van der Waals surface area contributed by atoms with Crippen LogP contribution >= 0.6 is 0 Å². The van der Waals surface area contributed by atoms with Crippen LogP contribution in [0.2, 0.25) is 0 Å². The number of rotatable bonds is 4. The fraction of sp³-hybridized carbons (Fsp3) is 0.818. The first kappa shape index (κ1) is 13.0. The number of hydrogen-bond donors (Lipinski definition) is 1. The predicted molar refractivity (Wildman–Crippen MR) is 60.1 cm³/mol. The third kappa shape index (κ3) is 2.72. The van der Waals surface area contributed by atoms with Crippen molar-refractivity contribution in [3.63, 3.8) is 0 Å². The van der Waals surface area contributed by atoms with Gasteiger partial charge in [0.15, 0.2) is 0 Å². The Labute approximate surface area is 96.0 Å². The van der Waals surface area contributed by atoms with E-state index in [9.17, 15) is 9.59 Å². The highest BCUT2D eigenvalue weighted by molar-refractivity contribution is 5.86. The average molecular weight is 228 g/mol. The monoisotopic (exact) mass is 228 g/mol. The van der Waals surface area contributed by atoms with Crippen molar-refractivity contribution >= 4 is 11.9 Å². The van der Waals surface area contributed by atoms with Gasteiger partial charge in [0.25, 0.3) is 0 Å². The minimum atomic E-state index is -0.876. The average Bonchev–Trinajstić information content (AvgIpc) is 2.47. The van der Waals surface area contributed by atoms with Gasteiger partial charge < -0.3 is 14.9 Å². The molecule has 1 unspecified atom stereocenters. The number of carbonyl (C=O) groups excluding carboxylic acids is 1. The first-order valence-electron chi connectivity index (χ1n) is 5.42. The van der Waals surface area contributed by atoms with Crippen LogP contribution in [0.1, 0.15) is 20.3 Å². The van der Waals surface area contributed by atoms with E-state index < -0.39 is 11.9 Å². The Morgan fingerprint density at radius 3 is 2.50 bits per heavy atom. The summed E-state index contributed by atoms with van der Waals surface area (Å²) in [5, 5.41) is 8.87. The zero-order valence-electron chi connectivity index (χ0n) is 10.4. The zero-order valence-corrected chi connectivity index (χ0v) is 10.4. The van der Waals surface area contributed by atoms with Crippen LogP contribution in [0.15, 0.2) is 0 Å². The van der Waals surface area contributed by atoms with Crippen LogP contribution in [0.3, 0.4) is 0 Å². The quantitative estimate of drug-likeness (QED) is 0.749. The molecule has 1 N–H and O–H groups in total. The Morgan fingerprint density at radius 2 is 2.12 bits per heavy atom. The van der Waals surface area contributed by atoms with Gasteiger partial charge in [-0.05, 0) is 27.9 Å². The summed E-state index contributed by atoms with van der Waals surface area (Å²) in [6.45, 7) is 4.98. The van der Waals surface area contributed by atoms with E-state index in [0.29, 0.717) is 13.1 Å². The first-order valence-corrected chi connectivity index (χ1v) is 5.42. The lowest BCUT2D eigenvalue weighted by Crippen LogP contribution is -2.48. The summed E-state index contributed by atoms with van der Waals surface area (Å²) in [6, 6.07) is 0. The summed E-state index contributed by atoms with van der Waals surface area (Å²) in [5.41, 5.74) is -0.136. The van der Waals surface area contributed by atoms with E-state index in [0.717, 1.165) is 0 Å². The molecule has 1 saturated heterocycles. The van der Waals surface area contributed by atoms with Crippen LogP contribution in [0.4, 0.5) is 0 Å². The molecule has 1 rings (SSSR count). The molecule has 0 aromatic carbocycles. The summed E-state index contributed by atoms with van der Waals surface area (Å²) < 4.78 is 0. The van der Waals surface area contributed by atoms with Gasteiger partial charge in [0, 0.05) is 25.0 Å². The Bertz CT molecular complexity index is 300. The molecule has 1 amide bonds. The molecular formula is C11H20N2O3. The minimum absolute atomic E-state index is 0.0534. The molecule has 1 aliphatic heterocycles. The second kappa shape index (κ2) is 4.41. The van der Waals surface area contributed by atoms with Crippen LogP contribution in [0.5, 0.6) is 0 Å². The van der Waals surface area contributed by atoms with Crippen LogP contribution in [-0.4, -0.2) is 59.5 Å². The molecule has 5 nitrogen and oxygen atoms in total. The Morgan fingerprint density at radius 1 is 1.56 bits per heavy atom. The van der Waals surface area contributed by atoms with E-state index in [4.69, 9.17) is 5.11 Å². The summed E-state index contributed by atoms with van der Waals surface area (Å²) in [5.74, 6) is -1.47. The molecule has 0 saturated carbocycles. The summed E-state index contributed by atoms with van der Waals surface area (Å²) in [7, 11) is 3.91. The van der Waals surface area contributed by atoms with Crippen molar-refractivity contribution in [3.05, 3.63) is 0 Å². The number of likely N-dealkylation sites (tertiary alicyclic amines) is 1. The second-order valence-corrected chi connectivity index (χ2v) is 5.22. The lowest BCUT2D eigenvalue weighted by molar-refractivity contribution is -0.141. The molecule has 5 heteroatoms. The van der Waals surface area contributed by atoms with Crippen molar-refractivity contribution in [1.82, 2.24) is 9.80 Å². The normalized spacial score (nSPS) is 21.9. The molecule has 0 bridgehead atoms. The van der Waals surface area contributed by atoms with Crippen LogP contribution in [-0.2, 0) is 9.59 Å². The van der Waals surface area contributed by atoms with Crippen molar-refractivity contribution in [2.24, 2.45) is 5.92 Å². The number of likely N-dealkylation sites (N-methyl/N-ethyl adjacent to an activating group) is 1. The van der Waals surface area contributed by atoms with Gasteiger partial charge in [0.05, 0.1) is 5.92 Å². The predicted octanol–water partition coefficient (Wildman–Crippen LogP) is 0.260. The van der Waals surface area contributed by atoms with Gasteiger partial charge in [0.1, 0.15) is 0 Å². The van der Waals surface area contributed by atoms with Gasteiger partial charge in [-0.25, -0.2) is 0 Å². The molecular weight excluding hydrogens is 208 g/mol. The van der Waals surface area contributed by atoms with Gasteiger partial charge in [-0.2, -0.15) is 0 Å². The van der Waals surface area contributed by atoms with E-state index in [1.54, 1.807) is 4.90 Å². The zero-order chi connectivity index (χ0) is 12.5. The smallest absolute Gasteiger partial charge is 0.308 e. The minimum Gasteiger partial charge on any atom is -0.481 e. The maximum atomic E-state index is 11.6. The SMILES string of the molecule is CN(C)C(C)(C)CN1CC(C(=O)O)CC1=O. The number of carboxylic acid groups (broad SMARTS) is 1. The highest BCUT2D eigenvalue weighted by Crippen LogP contribution is 2.21. The maximum absolute atomic E-state index is 11.6. The van der Waals surface area contributed by atoms with Gasteiger partial charge in [-0.15, -0.1) is 0 Å². The number of nitrogens with zero attached hydrogens (tertiary/aromatic N) is 2. The van der Waals surface area contributed by atoms with Crippen molar-refractivity contribution in [3.8, 4) is 0 Å². The fourth-order valence-corrected chi connectivity index (χ4v) is 1.70. The molecule has 16 heavy (non-hydrogen) atoms. The van der Waals surface area contributed by atoms with Crippen LogP contribution < -0.4 is 0 Å². The highest BCUT2D eigenvalue weighted by Gasteiger charge is 2.37. The molecule has 1 heterocycles. The number of aliphatic carboxylic acids is 1. The summed E-state index contributed by atoms with van der Waals surface area (Å²) in [6.07, 6.45) is 0.138. The first-order chi connectivity index (χ1) is 7.24. The van der Waals surface area contributed by atoms with Gasteiger partial charge in [-0.1, -0.05) is 0 Å². The van der Waals surface area contributed by atoms with Crippen LogP contribution in [0, 0.1) is 5.92 Å². The van der Waals surface area contributed by atoms with E-state index >= 15 is 0 Å². The van der Waals surface area contributed by atoms with E-state index in [1.165, 1.54) is 0 Å². The standard InChI is InChI=1S/C11H20N2O3/c1-11(2,12(3)4)7-13-6-8(10(15)16)5-9(13)14/h8H,5-7H2,1-4H3,(H,15,16). The lowest BCUT2D eigenvalue weighted by atomic mass is 10.0. The number of hydrogen-bond acceptors (Lipinski definition) is 3. The molecule has 0 aromatic heterocycles. The Hall–Kier alpha value is -1.10. The fourth-order valence-electron chi connectivity index (χ4n) is 1.70. The van der Waals surface area contributed by atoms with Gasteiger partial charge >= 0.3 is 5.97 Å². The molecule has 0 aliphatic carbocycles. The number of amides is 1. The Balaban J connectivity index is 2.63. The summed E-state index contributed by atoms with van der Waals surface area (Å²) >= 11 is 0. The highest BCUT2D eigenvalue weighted by atomic mass is 16.4. The third-order valence-electron chi connectivity index (χ3n) is 3.35. The molecule has 1 aliphatic rings. The lowest BCUT2D eigenvalue weighted by Gasteiger charge is -2.36. The molecule has 0 spiro atoms. The van der Waals surface area contributed by atoms with Crippen molar-refractivity contribution in [2.75, 3.05) is 27.2 Å². The van der Waals surface area contributed by atoms with Crippen LogP contribution in [0.25, 0.3) is 0 Å². The Kier molecular flexibility index (Phi) is 3.57. The molecule has 1 atom stereocenters. The van der Waals surface area contributed by atoms with E-state index in [2.05, 4.69) is 0 Å². The molecule has 0 radical (unpaired) electrons.